The molecular weight excluding hydrogens is 649 g/mol. The molecule has 0 heterocycles. The number of nitrogens with zero attached hydrogens (tertiary/aromatic N) is 1. The van der Waals surface area contributed by atoms with Crippen molar-refractivity contribution in [3.63, 3.8) is 0 Å². The highest BCUT2D eigenvalue weighted by Crippen LogP contribution is 2.78. The van der Waals surface area contributed by atoms with Crippen molar-refractivity contribution >= 4 is 17.8 Å². The quantitative estimate of drug-likeness (QED) is 0.182. The van der Waals surface area contributed by atoms with Gasteiger partial charge in [-0.05, 0) is 176 Å². The molecule has 0 aromatic rings. The van der Waals surface area contributed by atoms with Crippen LogP contribution in [-0.4, -0.2) is 60.1 Å². The summed E-state index contributed by atoms with van der Waals surface area (Å²) in [6.45, 7) is 22.6. The summed E-state index contributed by atoms with van der Waals surface area (Å²) in [5.74, 6) is 1.58. The van der Waals surface area contributed by atoms with Crippen molar-refractivity contribution in [3.8, 4) is 0 Å². The van der Waals surface area contributed by atoms with E-state index in [0.717, 1.165) is 57.8 Å². The maximum absolute atomic E-state index is 14.0. The average Bonchev–Trinajstić information content (AvgIpc) is 3.42. The van der Waals surface area contributed by atoms with Crippen LogP contribution in [0.25, 0.3) is 0 Å². The number of carboxylic acid groups (broad SMARTS) is 1. The minimum Gasteiger partial charge on any atom is -0.481 e. The molecule has 0 unspecified atom stereocenters. The van der Waals surface area contributed by atoms with Crippen LogP contribution in [0.4, 0.5) is 0 Å². The molecule has 0 radical (unpaired) electrons. The van der Waals surface area contributed by atoms with E-state index in [9.17, 15) is 19.5 Å². The second kappa shape index (κ2) is 13.7. The number of nitrogens with one attached hydrogen (secondary N) is 1. The van der Waals surface area contributed by atoms with E-state index in [1.54, 1.807) is 13.8 Å². The van der Waals surface area contributed by atoms with Crippen molar-refractivity contribution in [2.45, 2.75) is 176 Å². The highest BCUT2D eigenvalue weighted by atomic mass is 16.5. The number of allylic oxidation sites excluding steroid dienone is 1. The van der Waals surface area contributed by atoms with Gasteiger partial charge >= 0.3 is 11.9 Å². The third-order valence-electron chi connectivity index (χ3n) is 17.9. The van der Waals surface area contributed by atoms with Crippen LogP contribution in [0.5, 0.6) is 0 Å². The molecule has 0 spiro atoms. The lowest BCUT2D eigenvalue weighted by Crippen LogP contribution is -2.67. The lowest BCUT2D eigenvalue weighted by atomic mass is 9.32. The highest BCUT2D eigenvalue weighted by Gasteiger charge is 2.71. The molecule has 294 valence electrons. The summed E-state index contributed by atoms with van der Waals surface area (Å²) in [5, 5.41) is 13.2. The minimum absolute atomic E-state index is 0.0716. The van der Waals surface area contributed by atoms with Crippen molar-refractivity contribution < 1.29 is 24.2 Å². The molecule has 0 aliphatic heterocycles. The summed E-state index contributed by atoms with van der Waals surface area (Å²) >= 11 is 0. The molecule has 1 amide bonds. The number of ether oxygens (including phenoxy) is 1. The Morgan fingerprint density at radius 2 is 1.50 bits per heavy atom. The fourth-order valence-electron chi connectivity index (χ4n) is 14.7. The first-order valence-corrected chi connectivity index (χ1v) is 21.2. The van der Waals surface area contributed by atoms with Gasteiger partial charge in [-0.15, -0.1) is 0 Å². The van der Waals surface area contributed by atoms with Gasteiger partial charge < -0.3 is 20.1 Å². The number of fused-ring (bicyclic) bond motifs is 7. The summed E-state index contributed by atoms with van der Waals surface area (Å²) in [4.78, 5) is 41.2. The zero-order valence-corrected chi connectivity index (χ0v) is 34.7. The number of carboxylic acids is 1. The number of aliphatic carboxylic acids is 1. The zero-order valence-electron chi connectivity index (χ0n) is 34.7. The van der Waals surface area contributed by atoms with Gasteiger partial charge in [0.1, 0.15) is 6.10 Å². The van der Waals surface area contributed by atoms with Crippen molar-refractivity contribution in [1.82, 2.24) is 10.2 Å². The Morgan fingerprint density at radius 3 is 2.12 bits per heavy atom. The summed E-state index contributed by atoms with van der Waals surface area (Å²) < 4.78 is 6.19. The third kappa shape index (κ3) is 6.41. The number of hydrogen-bond acceptors (Lipinski definition) is 5. The molecule has 7 nitrogen and oxygen atoms in total. The van der Waals surface area contributed by atoms with E-state index in [1.165, 1.54) is 37.7 Å². The van der Waals surface area contributed by atoms with Gasteiger partial charge in [-0.1, -0.05) is 46.8 Å². The van der Waals surface area contributed by atoms with Crippen LogP contribution in [0.3, 0.4) is 0 Å². The Bertz CT molecular complexity index is 1410. The Hall–Kier alpha value is -1.89. The number of carbonyl (C=O) groups is 3. The van der Waals surface area contributed by atoms with Crippen molar-refractivity contribution in [3.05, 3.63) is 12.2 Å². The topological polar surface area (TPSA) is 95.9 Å². The van der Waals surface area contributed by atoms with E-state index in [0.29, 0.717) is 54.0 Å². The first-order valence-electron chi connectivity index (χ1n) is 21.2. The van der Waals surface area contributed by atoms with Crippen LogP contribution in [0.2, 0.25) is 0 Å². The van der Waals surface area contributed by atoms with Crippen LogP contribution >= 0.6 is 0 Å². The summed E-state index contributed by atoms with van der Waals surface area (Å²) in [6.07, 6.45) is 16.2. The number of carbonyl (C=O) groups excluding carboxylic acids is 2. The number of amides is 1. The monoisotopic (exact) mass is 723 g/mol. The molecule has 52 heavy (non-hydrogen) atoms. The van der Waals surface area contributed by atoms with Gasteiger partial charge in [0.15, 0.2) is 0 Å². The molecule has 7 heteroatoms. The molecular formula is C45H74N2O5. The maximum Gasteiger partial charge on any atom is 0.309 e. The summed E-state index contributed by atoms with van der Waals surface area (Å²) in [5.41, 5.74) is 0.621. The number of rotatable bonds is 9. The Labute approximate surface area is 316 Å². The van der Waals surface area contributed by atoms with Crippen molar-refractivity contribution in [2.75, 3.05) is 14.1 Å². The zero-order chi connectivity index (χ0) is 38.2. The van der Waals surface area contributed by atoms with Crippen molar-refractivity contribution in [1.29, 1.82) is 0 Å². The standard InChI is InChI=1S/C45H74N2O5/c1-28(2)31-18-23-45(26-36(48)46-29-12-14-30(15-13-29)47(10)11)25-24-43(8)32(38(31)45)16-17-34-42(7)21-20-35(52-37(49)27-40(3,4)39(50)51)41(5,6)33(42)19-22-44(34,43)9/h29-35,38H,1,12-27H2,2-11H3,(H,46,48)(H,50,51)/t29-,30-,31-,32+,33-,34+,35-,38+,42-,43+,44+,45+/m0/s1. The number of esters is 1. The van der Waals surface area contributed by atoms with Crippen LogP contribution < -0.4 is 5.32 Å². The van der Waals surface area contributed by atoms with Crippen LogP contribution in [0.15, 0.2) is 12.2 Å². The Morgan fingerprint density at radius 1 is 0.827 bits per heavy atom. The fourth-order valence-corrected chi connectivity index (χ4v) is 14.7. The molecule has 6 aliphatic carbocycles. The molecule has 6 rings (SSSR count). The van der Waals surface area contributed by atoms with E-state index in [-0.39, 0.29) is 45.6 Å². The predicted octanol–water partition coefficient (Wildman–Crippen LogP) is 9.44. The van der Waals surface area contributed by atoms with Crippen LogP contribution in [0.1, 0.15) is 158 Å². The maximum atomic E-state index is 14.0. The van der Waals surface area contributed by atoms with Gasteiger partial charge in [0.2, 0.25) is 5.91 Å². The average molecular weight is 723 g/mol. The van der Waals surface area contributed by atoms with E-state index in [1.807, 2.05) is 0 Å². The first-order chi connectivity index (χ1) is 24.1. The second-order valence-electron chi connectivity index (χ2n) is 21.5. The lowest BCUT2D eigenvalue weighted by molar-refractivity contribution is -0.250. The van der Waals surface area contributed by atoms with Gasteiger partial charge in [0.25, 0.3) is 0 Å². The van der Waals surface area contributed by atoms with E-state index < -0.39 is 11.4 Å². The van der Waals surface area contributed by atoms with Crippen LogP contribution in [0, 0.1) is 62.1 Å². The molecule has 0 saturated heterocycles. The van der Waals surface area contributed by atoms with Gasteiger partial charge in [0, 0.05) is 23.9 Å². The summed E-state index contributed by atoms with van der Waals surface area (Å²) in [7, 11) is 4.36. The molecule has 6 fully saturated rings. The molecule has 6 saturated carbocycles. The van der Waals surface area contributed by atoms with Crippen molar-refractivity contribution in [2.24, 2.45) is 62.1 Å². The number of hydrogen-bond donors (Lipinski definition) is 2. The van der Waals surface area contributed by atoms with E-state index in [4.69, 9.17) is 4.74 Å². The normalized spacial score (nSPS) is 44.1. The van der Waals surface area contributed by atoms with E-state index in [2.05, 4.69) is 72.4 Å². The second-order valence-corrected chi connectivity index (χ2v) is 21.5. The van der Waals surface area contributed by atoms with Gasteiger partial charge in [-0.3, -0.25) is 14.4 Å². The molecule has 2 N–H and O–H groups in total. The predicted molar refractivity (Wildman–Crippen MR) is 207 cm³/mol. The highest BCUT2D eigenvalue weighted by molar-refractivity contribution is 5.81. The third-order valence-corrected chi connectivity index (χ3v) is 17.9. The molecule has 0 aromatic heterocycles. The molecule has 6 aliphatic rings. The van der Waals surface area contributed by atoms with E-state index >= 15 is 0 Å². The first kappa shape index (κ1) is 39.8. The van der Waals surface area contributed by atoms with Gasteiger partial charge in [0.05, 0.1) is 11.8 Å². The molecule has 0 aromatic carbocycles. The SMILES string of the molecule is C=C(C)[C@@H]1CC[C@]2(CC(=O)N[C@H]3CC[C@H](N(C)C)CC3)CC[C@]3(C)[C@H](CC[C@@H]4[C@@]5(C)CC[C@H](OC(=O)CC(C)(C)C(=O)O)C(C)(C)[C@@H]5CC[C@]43C)[C@@H]12. The van der Waals surface area contributed by atoms with Gasteiger partial charge in [-0.25, -0.2) is 0 Å². The van der Waals surface area contributed by atoms with Gasteiger partial charge in [-0.2, -0.15) is 0 Å². The fraction of sp³-hybridized carbons (Fsp3) is 0.889. The minimum atomic E-state index is -1.14. The smallest absolute Gasteiger partial charge is 0.309 e. The summed E-state index contributed by atoms with van der Waals surface area (Å²) in [6, 6.07) is 0.948. The lowest BCUT2D eigenvalue weighted by Gasteiger charge is -2.73. The Kier molecular flexibility index (Phi) is 10.5. The molecule has 0 bridgehead atoms. The molecule has 10 atom stereocenters. The van der Waals surface area contributed by atoms with Crippen LogP contribution in [-0.2, 0) is 19.1 Å². The Balaban J connectivity index is 1.20. The largest absolute Gasteiger partial charge is 0.481 e.